The van der Waals surface area contributed by atoms with E-state index in [-0.39, 0.29) is 6.42 Å². The molecule has 126 valence electrons. The lowest BCUT2D eigenvalue weighted by atomic mass is 9.79. The van der Waals surface area contributed by atoms with E-state index in [4.69, 9.17) is 11.6 Å². The second-order valence-corrected chi connectivity index (χ2v) is 7.08. The van der Waals surface area contributed by atoms with Crippen LogP contribution < -0.4 is 0 Å². The number of fused-ring (bicyclic) bond motifs is 1. The van der Waals surface area contributed by atoms with Crippen molar-refractivity contribution in [3.8, 4) is 0 Å². The summed E-state index contributed by atoms with van der Waals surface area (Å²) >= 11 is 6.32. The molecule has 0 aromatic carbocycles. The van der Waals surface area contributed by atoms with Gasteiger partial charge in [-0.25, -0.2) is 0 Å². The Kier molecular flexibility index (Phi) is 4.16. The van der Waals surface area contributed by atoms with Crippen molar-refractivity contribution in [3.05, 3.63) is 40.2 Å². The first kappa shape index (κ1) is 16.7. The molecule has 3 rings (SSSR count). The van der Waals surface area contributed by atoms with Crippen molar-refractivity contribution in [2.24, 2.45) is 18.9 Å². The Bertz CT molecular complexity index is 669. The van der Waals surface area contributed by atoms with E-state index in [2.05, 4.69) is 6.58 Å². The van der Waals surface area contributed by atoms with Crippen LogP contribution in [0.15, 0.2) is 18.2 Å². The molecule has 0 radical (unpaired) electrons. The third-order valence-corrected chi connectivity index (χ3v) is 5.85. The number of aromatic nitrogens is 1. The quantitative estimate of drug-likeness (QED) is 0.578. The van der Waals surface area contributed by atoms with Gasteiger partial charge < -0.3 is 4.57 Å². The first-order valence-electron chi connectivity index (χ1n) is 7.98. The molecule has 0 aliphatic heterocycles. The lowest BCUT2D eigenvalue weighted by Gasteiger charge is -2.31. The van der Waals surface area contributed by atoms with Gasteiger partial charge in [0.1, 0.15) is 5.15 Å². The number of allylic oxidation sites excluding steroid dienone is 2. The summed E-state index contributed by atoms with van der Waals surface area (Å²) in [5, 5.41) is 0.474. The summed E-state index contributed by atoms with van der Waals surface area (Å²) in [6.45, 7) is 5.60. The van der Waals surface area contributed by atoms with E-state index in [1.807, 2.05) is 13.0 Å². The Balaban J connectivity index is 2.10. The molecule has 2 aliphatic carbocycles. The highest BCUT2D eigenvalue weighted by atomic mass is 35.5. The standard InChI is InChI=1S/C18H21ClF3N/c1-4-13-10(2)16(23(3)17(13)19)14-9-12-8-11(12)6-5-7-15(14)18(20,21)22/h4,6,12,14-15H,1,5,7-9H2,2-3H3/b11-6+. The first-order valence-corrected chi connectivity index (χ1v) is 8.36. The molecule has 1 nitrogen and oxygen atoms in total. The van der Waals surface area contributed by atoms with Crippen LogP contribution in [0, 0.1) is 18.8 Å². The minimum atomic E-state index is -4.19. The van der Waals surface area contributed by atoms with Crippen LogP contribution >= 0.6 is 11.6 Å². The summed E-state index contributed by atoms with van der Waals surface area (Å²) in [6.07, 6.45) is 1.62. The Morgan fingerprint density at radius 1 is 1.39 bits per heavy atom. The highest BCUT2D eigenvalue weighted by Gasteiger charge is 2.49. The lowest BCUT2D eigenvalue weighted by Crippen LogP contribution is -2.31. The predicted molar refractivity (Wildman–Crippen MR) is 87.6 cm³/mol. The number of hydrogen-bond acceptors (Lipinski definition) is 0. The number of alkyl halides is 3. The zero-order valence-corrected chi connectivity index (χ0v) is 14.1. The van der Waals surface area contributed by atoms with E-state index in [0.717, 1.165) is 23.2 Å². The molecule has 0 saturated heterocycles. The Morgan fingerprint density at radius 3 is 2.65 bits per heavy atom. The van der Waals surface area contributed by atoms with E-state index < -0.39 is 18.0 Å². The molecule has 0 N–H and O–H groups in total. The van der Waals surface area contributed by atoms with Crippen molar-refractivity contribution in [2.75, 3.05) is 0 Å². The molecular weight excluding hydrogens is 323 g/mol. The van der Waals surface area contributed by atoms with Gasteiger partial charge in [0.2, 0.25) is 0 Å². The fourth-order valence-corrected chi connectivity index (χ4v) is 4.43. The molecule has 1 saturated carbocycles. The third kappa shape index (κ3) is 2.86. The van der Waals surface area contributed by atoms with E-state index in [0.29, 0.717) is 23.9 Å². The summed E-state index contributed by atoms with van der Waals surface area (Å²) in [4.78, 5) is 0. The second-order valence-electron chi connectivity index (χ2n) is 6.73. The molecule has 0 amide bonds. The van der Waals surface area contributed by atoms with Gasteiger partial charge in [-0.2, -0.15) is 13.2 Å². The number of halogens is 4. The number of nitrogens with zero attached hydrogens (tertiary/aromatic N) is 1. The van der Waals surface area contributed by atoms with Crippen molar-refractivity contribution < 1.29 is 13.2 Å². The molecule has 23 heavy (non-hydrogen) atoms. The third-order valence-electron chi connectivity index (χ3n) is 5.40. The van der Waals surface area contributed by atoms with Gasteiger partial charge >= 0.3 is 6.18 Å². The highest BCUT2D eigenvalue weighted by Crippen LogP contribution is 2.53. The van der Waals surface area contributed by atoms with Gasteiger partial charge in [-0.3, -0.25) is 0 Å². The van der Waals surface area contributed by atoms with Crippen LogP contribution in [-0.4, -0.2) is 10.7 Å². The minimum Gasteiger partial charge on any atom is -0.338 e. The van der Waals surface area contributed by atoms with Gasteiger partial charge in [0.25, 0.3) is 0 Å². The molecule has 2 aliphatic rings. The molecule has 1 heterocycles. The van der Waals surface area contributed by atoms with Gasteiger partial charge in [-0.05, 0) is 44.1 Å². The number of hydrogen-bond donors (Lipinski definition) is 0. The topological polar surface area (TPSA) is 4.93 Å². The SMILES string of the molecule is C=Cc1c(C)c(C2CC3C/C3=C\CCC2C(F)(F)F)n(C)c1Cl. The van der Waals surface area contributed by atoms with Crippen LogP contribution in [0.3, 0.4) is 0 Å². The fourth-order valence-electron chi connectivity index (χ4n) is 4.12. The van der Waals surface area contributed by atoms with Gasteiger partial charge in [-0.1, -0.05) is 35.9 Å². The average Bonchev–Trinajstić information content (AvgIpc) is 3.11. The van der Waals surface area contributed by atoms with E-state index in [1.54, 1.807) is 17.7 Å². The largest absolute Gasteiger partial charge is 0.392 e. The van der Waals surface area contributed by atoms with Crippen LogP contribution in [0.25, 0.3) is 6.08 Å². The van der Waals surface area contributed by atoms with E-state index >= 15 is 0 Å². The maximum Gasteiger partial charge on any atom is 0.392 e. The summed E-state index contributed by atoms with van der Waals surface area (Å²) < 4.78 is 42.8. The van der Waals surface area contributed by atoms with Gasteiger partial charge in [0, 0.05) is 24.2 Å². The molecule has 0 spiro atoms. The van der Waals surface area contributed by atoms with E-state index in [1.165, 1.54) is 5.57 Å². The first-order chi connectivity index (χ1) is 10.8. The van der Waals surface area contributed by atoms with E-state index in [9.17, 15) is 13.2 Å². The molecule has 1 aromatic rings. The van der Waals surface area contributed by atoms with Crippen LogP contribution in [0.5, 0.6) is 0 Å². The van der Waals surface area contributed by atoms with Crippen molar-refractivity contribution >= 4 is 17.7 Å². The lowest BCUT2D eigenvalue weighted by molar-refractivity contribution is -0.184. The summed E-state index contributed by atoms with van der Waals surface area (Å²) in [5.74, 6) is -1.55. The monoisotopic (exact) mass is 343 g/mol. The summed E-state index contributed by atoms with van der Waals surface area (Å²) in [5.41, 5.74) is 3.63. The smallest absolute Gasteiger partial charge is 0.338 e. The Morgan fingerprint density at radius 2 is 2.09 bits per heavy atom. The zero-order chi connectivity index (χ0) is 16.9. The molecule has 5 heteroatoms. The van der Waals surface area contributed by atoms with Crippen LogP contribution in [0.4, 0.5) is 13.2 Å². The molecule has 0 bridgehead atoms. The maximum atomic E-state index is 13.7. The van der Waals surface area contributed by atoms with Crippen LogP contribution in [0.2, 0.25) is 5.15 Å². The summed E-state index contributed by atoms with van der Waals surface area (Å²) in [6, 6.07) is 0. The highest BCUT2D eigenvalue weighted by molar-refractivity contribution is 6.31. The summed E-state index contributed by atoms with van der Waals surface area (Å²) in [7, 11) is 1.76. The normalized spacial score (nSPS) is 30.0. The Labute approximate surface area is 139 Å². The van der Waals surface area contributed by atoms with Crippen molar-refractivity contribution in [1.82, 2.24) is 4.57 Å². The molecule has 3 atom stereocenters. The van der Waals surface area contributed by atoms with Gasteiger partial charge in [0.05, 0.1) is 5.92 Å². The minimum absolute atomic E-state index is 0.149. The Hall–Kier alpha value is -1.16. The van der Waals surface area contributed by atoms with Gasteiger partial charge in [-0.15, -0.1) is 0 Å². The fraction of sp³-hybridized carbons (Fsp3) is 0.556. The molecule has 3 unspecified atom stereocenters. The molecule has 1 fully saturated rings. The predicted octanol–water partition coefficient (Wildman–Crippen LogP) is 6.02. The molecule has 1 aromatic heterocycles. The van der Waals surface area contributed by atoms with Crippen molar-refractivity contribution in [2.45, 2.75) is 44.7 Å². The average molecular weight is 344 g/mol. The number of rotatable bonds is 2. The molecular formula is C18H21ClF3N. The van der Waals surface area contributed by atoms with Crippen LogP contribution in [-0.2, 0) is 7.05 Å². The zero-order valence-electron chi connectivity index (χ0n) is 13.4. The van der Waals surface area contributed by atoms with Crippen molar-refractivity contribution in [3.63, 3.8) is 0 Å². The second kappa shape index (κ2) is 5.73. The van der Waals surface area contributed by atoms with Gasteiger partial charge in [0.15, 0.2) is 0 Å². The van der Waals surface area contributed by atoms with Crippen molar-refractivity contribution in [1.29, 1.82) is 0 Å². The van der Waals surface area contributed by atoms with Crippen LogP contribution in [0.1, 0.15) is 48.4 Å². The maximum absolute atomic E-state index is 13.7.